The molecule has 1 aliphatic rings. The van der Waals surface area contributed by atoms with Crippen LogP contribution in [0.3, 0.4) is 0 Å². The van der Waals surface area contributed by atoms with Crippen LogP contribution in [-0.4, -0.2) is 48.9 Å². The summed E-state index contributed by atoms with van der Waals surface area (Å²) in [7, 11) is 0. The van der Waals surface area contributed by atoms with Gasteiger partial charge in [-0.15, -0.1) is 0 Å². The van der Waals surface area contributed by atoms with Crippen molar-refractivity contribution in [2.24, 2.45) is 17.6 Å². The molecule has 0 heterocycles. The SMILES string of the molecule is CC(C)C(=O)Oc1ccc(C[C@H](N)C(=O)O[C@@H](C)COC(=O)OC2CCCCC2)cc1OC(=O)C(C)C. The van der Waals surface area contributed by atoms with Gasteiger partial charge in [0.1, 0.15) is 24.9 Å². The molecule has 1 fully saturated rings. The zero-order valence-corrected chi connectivity index (χ0v) is 22.3. The van der Waals surface area contributed by atoms with Gasteiger partial charge in [0, 0.05) is 0 Å². The summed E-state index contributed by atoms with van der Waals surface area (Å²) in [6, 6.07) is 3.58. The molecular weight excluding hydrogens is 482 g/mol. The maximum Gasteiger partial charge on any atom is 0.508 e. The van der Waals surface area contributed by atoms with Crippen LogP contribution in [0.2, 0.25) is 0 Å². The van der Waals surface area contributed by atoms with Crippen LogP contribution in [0.1, 0.15) is 72.3 Å². The molecule has 1 saturated carbocycles. The van der Waals surface area contributed by atoms with E-state index in [0.29, 0.717) is 5.56 Å². The summed E-state index contributed by atoms with van der Waals surface area (Å²) in [5, 5.41) is 0. The van der Waals surface area contributed by atoms with Crippen LogP contribution in [0, 0.1) is 11.8 Å². The van der Waals surface area contributed by atoms with E-state index in [-0.39, 0.29) is 36.5 Å². The minimum Gasteiger partial charge on any atom is -0.458 e. The van der Waals surface area contributed by atoms with Gasteiger partial charge in [-0.2, -0.15) is 0 Å². The minimum atomic E-state index is -1.03. The fourth-order valence-corrected chi connectivity index (χ4v) is 3.49. The Bertz CT molecular complexity index is 938. The molecule has 0 aliphatic heterocycles. The van der Waals surface area contributed by atoms with Gasteiger partial charge in [-0.05, 0) is 56.7 Å². The summed E-state index contributed by atoms with van der Waals surface area (Å²) in [5.41, 5.74) is 6.60. The van der Waals surface area contributed by atoms with Gasteiger partial charge in [0.15, 0.2) is 11.5 Å². The molecule has 0 unspecified atom stereocenters. The lowest BCUT2D eigenvalue weighted by molar-refractivity contribution is -0.152. The number of esters is 3. The molecular formula is C27H39NO9. The highest BCUT2D eigenvalue weighted by molar-refractivity contribution is 5.78. The third-order valence-corrected chi connectivity index (χ3v) is 5.70. The van der Waals surface area contributed by atoms with Crippen LogP contribution in [0.25, 0.3) is 0 Å². The molecule has 206 valence electrons. The van der Waals surface area contributed by atoms with E-state index in [1.54, 1.807) is 40.7 Å². The third kappa shape index (κ3) is 10.4. The highest BCUT2D eigenvalue weighted by Crippen LogP contribution is 2.30. The van der Waals surface area contributed by atoms with E-state index in [1.165, 1.54) is 12.1 Å². The van der Waals surface area contributed by atoms with E-state index >= 15 is 0 Å². The first-order valence-corrected chi connectivity index (χ1v) is 12.8. The van der Waals surface area contributed by atoms with Crippen molar-refractivity contribution in [2.75, 3.05) is 6.61 Å². The van der Waals surface area contributed by atoms with Crippen LogP contribution in [0.15, 0.2) is 18.2 Å². The lowest BCUT2D eigenvalue weighted by Gasteiger charge is -2.22. The molecule has 1 aromatic rings. The van der Waals surface area contributed by atoms with Crippen LogP contribution in [0.4, 0.5) is 4.79 Å². The highest BCUT2D eigenvalue weighted by atomic mass is 16.7. The smallest absolute Gasteiger partial charge is 0.458 e. The quantitative estimate of drug-likeness (QED) is 0.334. The normalized spacial score (nSPS) is 15.6. The Balaban J connectivity index is 1.93. The van der Waals surface area contributed by atoms with Crippen molar-refractivity contribution in [3.63, 3.8) is 0 Å². The van der Waals surface area contributed by atoms with Crippen molar-refractivity contribution in [2.45, 2.75) is 91.4 Å². The Labute approximate surface area is 218 Å². The summed E-state index contributed by atoms with van der Waals surface area (Å²) in [6.45, 7) is 8.16. The lowest BCUT2D eigenvalue weighted by atomic mass is 9.98. The van der Waals surface area contributed by atoms with Crippen LogP contribution < -0.4 is 15.2 Å². The molecule has 0 saturated heterocycles. The van der Waals surface area contributed by atoms with Crippen LogP contribution in [-0.2, 0) is 35.0 Å². The zero-order chi connectivity index (χ0) is 27.5. The molecule has 0 amide bonds. The fourth-order valence-electron chi connectivity index (χ4n) is 3.49. The van der Waals surface area contributed by atoms with E-state index in [1.807, 2.05) is 0 Å². The number of carbonyl (C=O) groups is 4. The molecule has 0 bridgehead atoms. The maximum atomic E-state index is 12.5. The Hall–Kier alpha value is -3.14. The van der Waals surface area contributed by atoms with Crippen molar-refractivity contribution in [1.29, 1.82) is 0 Å². The molecule has 0 aromatic heterocycles. The zero-order valence-electron chi connectivity index (χ0n) is 22.3. The van der Waals surface area contributed by atoms with Gasteiger partial charge in [-0.1, -0.05) is 40.2 Å². The number of hydrogen-bond donors (Lipinski definition) is 1. The Morgan fingerprint density at radius 1 is 0.865 bits per heavy atom. The first-order chi connectivity index (χ1) is 17.5. The number of carbonyl (C=O) groups excluding carboxylic acids is 4. The number of rotatable bonds is 11. The molecule has 2 N–H and O–H groups in total. The van der Waals surface area contributed by atoms with E-state index in [2.05, 4.69) is 0 Å². The first kappa shape index (κ1) is 30.1. The topological polar surface area (TPSA) is 140 Å². The monoisotopic (exact) mass is 521 g/mol. The summed E-state index contributed by atoms with van der Waals surface area (Å²) < 4.78 is 26.4. The van der Waals surface area contributed by atoms with Gasteiger partial charge in [0.25, 0.3) is 0 Å². The van der Waals surface area contributed by atoms with Gasteiger partial charge in [0.2, 0.25) is 0 Å². The molecule has 1 aromatic carbocycles. The largest absolute Gasteiger partial charge is 0.508 e. The summed E-state index contributed by atoms with van der Waals surface area (Å²) in [6.07, 6.45) is 3.29. The first-order valence-electron chi connectivity index (χ1n) is 12.8. The van der Waals surface area contributed by atoms with Gasteiger partial charge < -0.3 is 29.4 Å². The van der Waals surface area contributed by atoms with Gasteiger partial charge in [0.05, 0.1) is 11.8 Å². The summed E-state index contributed by atoms with van der Waals surface area (Å²) in [5.74, 6) is -2.29. The van der Waals surface area contributed by atoms with Gasteiger partial charge in [-0.3, -0.25) is 14.4 Å². The van der Waals surface area contributed by atoms with Gasteiger partial charge >= 0.3 is 24.1 Å². The number of nitrogens with two attached hydrogens (primary N) is 1. The Morgan fingerprint density at radius 3 is 2.05 bits per heavy atom. The summed E-state index contributed by atoms with van der Waals surface area (Å²) in [4.78, 5) is 48.6. The molecule has 0 spiro atoms. The predicted octanol–water partition coefficient (Wildman–Crippen LogP) is 4.10. The van der Waals surface area contributed by atoms with E-state index in [4.69, 9.17) is 29.4 Å². The standard InChI is InChI=1S/C27H39NO9/c1-16(2)24(29)36-22-12-11-19(14-23(22)37-25(30)17(3)4)13-21(28)26(31)34-18(5)15-33-27(32)35-20-9-7-6-8-10-20/h11-12,14,16-18,20-21H,6-10,13,15,28H2,1-5H3/t18-,21-/m0/s1. The molecule has 2 rings (SSSR count). The van der Waals surface area contributed by atoms with Crippen molar-refractivity contribution in [3.8, 4) is 11.5 Å². The molecule has 0 radical (unpaired) electrons. The lowest BCUT2D eigenvalue weighted by Crippen LogP contribution is -2.37. The molecule has 1 aliphatic carbocycles. The average molecular weight is 522 g/mol. The second kappa shape index (κ2) is 14.6. The van der Waals surface area contributed by atoms with Crippen molar-refractivity contribution >= 4 is 24.1 Å². The Kier molecular flexibility index (Phi) is 11.8. The second-order valence-electron chi connectivity index (χ2n) is 9.93. The average Bonchev–Trinajstić information content (AvgIpc) is 2.84. The number of ether oxygens (including phenoxy) is 5. The third-order valence-electron chi connectivity index (χ3n) is 5.70. The van der Waals surface area contributed by atoms with Crippen molar-refractivity contribution < 1.29 is 42.9 Å². The Morgan fingerprint density at radius 2 is 1.46 bits per heavy atom. The fraction of sp³-hybridized carbons (Fsp3) is 0.630. The second-order valence-corrected chi connectivity index (χ2v) is 9.93. The van der Waals surface area contributed by atoms with Crippen molar-refractivity contribution in [3.05, 3.63) is 23.8 Å². The minimum absolute atomic E-state index is 0.0593. The summed E-state index contributed by atoms with van der Waals surface area (Å²) >= 11 is 0. The molecule has 37 heavy (non-hydrogen) atoms. The highest BCUT2D eigenvalue weighted by Gasteiger charge is 2.23. The number of benzene rings is 1. The van der Waals surface area contributed by atoms with Crippen molar-refractivity contribution in [1.82, 2.24) is 0 Å². The maximum absolute atomic E-state index is 12.5. The van der Waals surface area contributed by atoms with E-state index in [9.17, 15) is 19.2 Å². The van der Waals surface area contributed by atoms with Gasteiger partial charge in [-0.25, -0.2) is 4.79 Å². The number of hydrogen-bond acceptors (Lipinski definition) is 10. The molecule has 10 heteroatoms. The van der Waals surface area contributed by atoms with E-state index < -0.39 is 42.1 Å². The molecule has 2 atom stereocenters. The molecule has 10 nitrogen and oxygen atoms in total. The predicted molar refractivity (Wildman–Crippen MR) is 134 cm³/mol. The van der Waals surface area contributed by atoms with Crippen LogP contribution >= 0.6 is 0 Å². The van der Waals surface area contributed by atoms with E-state index in [0.717, 1.165) is 32.1 Å². The van der Waals surface area contributed by atoms with Crippen LogP contribution in [0.5, 0.6) is 11.5 Å².